The summed E-state index contributed by atoms with van der Waals surface area (Å²) in [4.78, 5) is 43.1. The Hall–Kier alpha value is -4.97. The van der Waals surface area contributed by atoms with Crippen LogP contribution in [0.15, 0.2) is 103 Å². The van der Waals surface area contributed by atoms with Crippen molar-refractivity contribution in [3.8, 4) is 16.9 Å². The van der Waals surface area contributed by atoms with Gasteiger partial charge in [0.05, 0.1) is 11.3 Å². The number of allylic oxidation sites excluding steroid dienone is 2. The van der Waals surface area contributed by atoms with Crippen LogP contribution in [0.5, 0.6) is 5.75 Å². The Kier molecular flexibility index (Phi) is 6.52. The average molecular weight is 529 g/mol. The maximum absolute atomic E-state index is 13.7. The number of nitrogens with zero attached hydrogens (tertiary/aromatic N) is 2. The summed E-state index contributed by atoms with van der Waals surface area (Å²) in [5, 5.41) is 1.53. The first-order valence-electron chi connectivity index (χ1n) is 13.5. The van der Waals surface area contributed by atoms with Crippen LogP contribution in [0.2, 0.25) is 0 Å². The van der Waals surface area contributed by atoms with Gasteiger partial charge in [-0.15, -0.1) is 0 Å². The van der Waals surface area contributed by atoms with Gasteiger partial charge in [-0.25, -0.2) is 9.69 Å². The first kappa shape index (κ1) is 25.3. The number of esters is 1. The van der Waals surface area contributed by atoms with Crippen LogP contribution >= 0.6 is 0 Å². The van der Waals surface area contributed by atoms with Crippen molar-refractivity contribution >= 4 is 39.9 Å². The third kappa shape index (κ3) is 4.28. The molecule has 6 nitrogen and oxygen atoms in total. The predicted molar refractivity (Wildman–Crippen MR) is 158 cm³/mol. The van der Waals surface area contributed by atoms with E-state index in [1.165, 1.54) is 4.90 Å². The molecule has 0 fully saturated rings. The van der Waals surface area contributed by atoms with E-state index in [1.54, 1.807) is 48.6 Å². The van der Waals surface area contributed by atoms with E-state index in [9.17, 15) is 14.4 Å². The first-order chi connectivity index (χ1) is 19.5. The van der Waals surface area contributed by atoms with Crippen LogP contribution in [-0.2, 0) is 4.79 Å². The molecule has 1 aliphatic heterocycles. The maximum atomic E-state index is 13.7. The number of imide groups is 1. The zero-order chi connectivity index (χ0) is 27.8. The molecule has 1 aliphatic carbocycles. The molecule has 0 N–H and O–H groups in total. The molecule has 0 spiro atoms. The predicted octanol–water partition coefficient (Wildman–Crippen LogP) is 6.95. The summed E-state index contributed by atoms with van der Waals surface area (Å²) in [7, 11) is 0. The molecule has 4 aromatic rings. The maximum Gasteiger partial charge on any atom is 0.343 e. The zero-order valence-corrected chi connectivity index (χ0v) is 22.4. The van der Waals surface area contributed by atoms with E-state index < -0.39 is 5.97 Å². The lowest BCUT2D eigenvalue weighted by Gasteiger charge is -2.28. The first-order valence-corrected chi connectivity index (χ1v) is 13.5. The smallest absolute Gasteiger partial charge is 0.343 e. The fraction of sp³-hybridized carbons (Fsp3) is 0.147. The summed E-state index contributed by atoms with van der Waals surface area (Å²) in [6.07, 6.45) is 6.12. The molecule has 2 aliphatic rings. The highest BCUT2D eigenvalue weighted by Crippen LogP contribution is 2.38. The van der Waals surface area contributed by atoms with Crippen LogP contribution in [0.1, 0.15) is 41.0 Å². The van der Waals surface area contributed by atoms with Crippen molar-refractivity contribution in [1.29, 1.82) is 0 Å². The van der Waals surface area contributed by atoms with Crippen LogP contribution < -0.4 is 14.5 Å². The van der Waals surface area contributed by atoms with Gasteiger partial charge in [0, 0.05) is 35.3 Å². The summed E-state index contributed by atoms with van der Waals surface area (Å²) in [6, 6.07) is 24.2. The molecule has 0 saturated heterocycles. The molecule has 2 amide bonds. The Morgan fingerprint density at radius 1 is 0.825 bits per heavy atom. The molecule has 0 saturated carbocycles. The van der Waals surface area contributed by atoms with Crippen LogP contribution in [0.4, 0.5) is 11.4 Å². The van der Waals surface area contributed by atoms with E-state index in [4.69, 9.17) is 4.74 Å². The minimum atomic E-state index is -0.439. The number of ether oxygens (including phenoxy) is 1. The summed E-state index contributed by atoms with van der Waals surface area (Å²) >= 11 is 0. The van der Waals surface area contributed by atoms with Gasteiger partial charge in [-0.2, -0.15) is 0 Å². The quantitative estimate of drug-likeness (QED) is 0.148. The van der Waals surface area contributed by atoms with Crippen LogP contribution in [0.25, 0.3) is 21.9 Å². The Morgan fingerprint density at radius 3 is 2.15 bits per heavy atom. The highest BCUT2D eigenvalue weighted by Gasteiger charge is 2.34. The lowest BCUT2D eigenvalue weighted by molar-refractivity contribution is -0.129. The van der Waals surface area contributed by atoms with Crippen molar-refractivity contribution in [2.45, 2.75) is 20.3 Å². The highest BCUT2D eigenvalue weighted by molar-refractivity contribution is 6.36. The molecule has 0 aromatic heterocycles. The van der Waals surface area contributed by atoms with Crippen LogP contribution in [-0.4, -0.2) is 30.9 Å². The normalized spacial score (nSPS) is 14.1. The van der Waals surface area contributed by atoms with Gasteiger partial charge >= 0.3 is 5.97 Å². The fourth-order valence-corrected chi connectivity index (χ4v) is 5.46. The lowest BCUT2D eigenvalue weighted by Crippen LogP contribution is -2.40. The fourth-order valence-electron chi connectivity index (χ4n) is 5.46. The molecule has 4 aromatic carbocycles. The standard InChI is InChI=1S/C34H28N2O4/c1-3-35(4-2)24-14-12-22(13-15-24)27-20-21-30-31-28(27)10-7-11-29(31)32(37)36(33(30)38)25-16-18-26(19-17-25)40-34(39)23-8-5-6-9-23/h5,7-21H,3-4,6H2,1-2H3. The number of amides is 2. The molecule has 0 atom stereocenters. The Bertz CT molecular complexity index is 1690. The van der Waals surface area contributed by atoms with Gasteiger partial charge in [0.1, 0.15) is 5.75 Å². The van der Waals surface area contributed by atoms with Gasteiger partial charge in [-0.1, -0.05) is 48.6 Å². The summed E-state index contributed by atoms with van der Waals surface area (Å²) in [5.41, 5.74) is 5.03. The summed E-state index contributed by atoms with van der Waals surface area (Å²) < 4.78 is 5.44. The molecule has 198 valence electrons. The van der Waals surface area contributed by atoms with E-state index >= 15 is 0 Å². The Morgan fingerprint density at radius 2 is 1.50 bits per heavy atom. The van der Waals surface area contributed by atoms with Gasteiger partial charge in [-0.3, -0.25) is 9.59 Å². The van der Waals surface area contributed by atoms with Gasteiger partial charge in [-0.05, 0) is 85.3 Å². The van der Waals surface area contributed by atoms with E-state index in [0.717, 1.165) is 35.3 Å². The van der Waals surface area contributed by atoms with E-state index in [2.05, 4.69) is 43.0 Å². The molecule has 1 heterocycles. The van der Waals surface area contributed by atoms with Gasteiger partial charge < -0.3 is 9.64 Å². The van der Waals surface area contributed by atoms with Crippen LogP contribution in [0.3, 0.4) is 0 Å². The highest BCUT2D eigenvalue weighted by atomic mass is 16.5. The number of hydrogen-bond acceptors (Lipinski definition) is 5. The number of hydrogen-bond donors (Lipinski definition) is 0. The van der Waals surface area contributed by atoms with Crippen molar-refractivity contribution in [3.05, 3.63) is 114 Å². The molecule has 0 bridgehead atoms. The Balaban J connectivity index is 1.32. The molecule has 0 radical (unpaired) electrons. The third-order valence-electron chi connectivity index (χ3n) is 7.53. The lowest BCUT2D eigenvalue weighted by atomic mass is 9.89. The molecule has 40 heavy (non-hydrogen) atoms. The second kappa shape index (κ2) is 10.3. The van der Waals surface area contributed by atoms with Gasteiger partial charge in [0.25, 0.3) is 11.8 Å². The minimum absolute atomic E-state index is 0.339. The number of anilines is 2. The van der Waals surface area contributed by atoms with Crippen molar-refractivity contribution in [2.75, 3.05) is 22.9 Å². The van der Waals surface area contributed by atoms with Gasteiger partial charge in [0.2, 0.25) is 0 Å². The van der Waals surface area contributed by atoms with Crippen molar-refractivity contribution < 1.29 is 19.1 Å². The molecule has 6 rings (SSSR count). The minimum Gasteiger partial charge on any atom is -0.423 e. The summed E-state index contributed by atoms with van der Waals surface area (Å²) in [5.74, 6) is -0.872. The van der Waals surface area contributed by atoms with Crippen molar-refractivity contribution in [2.24, 2.45) is 0 Å². The zero-order valence-electron chi connectivity index (χ0n) is 22.4. The number of benzene rings is 4. The van der Waals surface area contributed by atoms with E-state index in [1.807, 2.05) is 24.3 Å². The number of carbonyl (C=O) groups is 3. The largest absolute Gasteiger partial charge is 0.423 e. The second-order valence-electron chi connectivity index (χ2n) is 9.73. The van der Waals surface area contributed by atoms with E-state index in [0.29, 0.717) is 39.9 Å². The summed E-state index contributed by atoms with van der Waals surface area (Å²) in [6.45, 7) is 6.14. The molecule has 0 unspecified atom stereocenters. The van der Waals surface area contributed by atoms with Crippen molar-refractivity contribution in [1.82, 2.24) is 0 Å². The van der Waals surface area contributed by atoms with Crippen molar-refractivity contribution in [3.63, 3.8) is 0 Å². The monoisotopic (exact) mass is 528 g/mol. The molecular weight excluding hydrogens is 500 g/mol. The number of rotatable bonds is 7. The molecule has 6 heteroatoms. The SMILES string of the molecule is CCN(CC)c1ccc(-c2ccc3c4c(cccc24)C(=O)N(c2ccc(OC(=O)C4=CCC=C4)cc2)C3=O)cc1. The topological polar surface area (TPSA) is 66.9 Å². The average Bonchev–Trinajstić information content (AvgIpc) is 3.53. The third-order valence-corrected chi connectivity index (χ3v) is 7.53. The van der Waals surface area contributed by atoms with Crippen LogP contribution in [0, 0.1) is 0 Å². The van der Waals surface area contributed by atoms with E-state index in [-0.39, 0.29) is 11.8 Å². The number of carbonyl (C=O) groups excluding carboxylic acids is 3. The molecular formula is C34H28N2O4. The van der Waals surface area contributed by atoms with Gasteiger partial charge in [0.15, 0.2) is 0 Å². The second-order valence-corrected chi connectivity index (χ2v) is 9.73. The Labute approximate surface area is 232 Å².